The zero-order valence-corrected chi connectivity index (χ0v) is 10.4. The zero-order valence-electron chi connectivity index (χ0n) is 10.4. The number of nitrogens with two attached hydrogens (primary N) is 1. The van der Waals surface area contributed by atoms with Gasteiger partial charge in [0.2, 0.25) is 5.91 Å². The van der Waals surface area contributed by atoms with E-state index in [4.69, 9.17) is 5.73 Å². The van der Waals surface area contributed by atoms with Crippen LogP contribution in [0, 0.1) is 0 Å². The molecular formula is C13H15N5O. The van der Waals surface area contributed by atoms with Crippen molar-refractivity contribution in [2.75, 3.05) is 5.32 Å². The highest BCUT2D eigenvalue weighted by Crippen LogP contribution is 2.30. The van der Waals surface area contributed by atoms with Gasteiger partial charge < -0.3 is 11.1 Å². The first-order valence-corrected chi connectivity index (χ1v) is 6.24. The minimum absolute atomic E-state index is 0.108. The van der Waals surface area contributed by atoms with Crippen molar-refractivity contribution >= 4 is 11.6 Å². The minimum atomic E-state index is -0.678. The summed E-state index contributed by atoms with van der Waals surface area (Å²) in [5.74, 6) is -0.108. The van der Waals surface area contributed by atoms with Crippen molar-refractivity contribution in [3.63, 3.8) is 0 Å². The van der Waals surface area contributed by atoms with Crippen LogP contribution in [-0.4, -0.2) is 26.4 Å². The van der Waals surface area contributed by atoms with E-state index in [0.717, 1.165) is 30.6 Å². The molecule has 2 aromatic rings. The van der Waals surface area contributed by atoms with E-state index in [1.807, 2.05) is 24.3 Å². The summed E-state index contributed by atoms with van der Waals surface area (Å²) in [6.45, 7) is 0. The average molecular weight is 257 g/mol. The lowest BCUT2D eigenvalue weighted by Crippen LogP contribution is -2.56. The van der Waals surface area contributed by atoms with E-state index in [9.17, 15) is 4.79 Å². The van der Waals surface area contributed by atoms with Crippen molar-refractivity contribution in [2.45, 2.75) is 24.8 Å². The van der Waals surface area contributed by atoms with E-state index in [1.165, 1.54) is 4.80 Å². The van der Waals surface area contributed by atoms with Gasteiger partial charge in [-0.25, -0.2) is 0 Å². The molecule has 1 amide bonds. The number of carbonyl (C=O) groups excluding carboxylic acids is 1. The van der Waals surface area contributed by atoms with Gasteiger partial charge in [0.1, 0.15) is 0 Å². The van der Waals surface area contributed by atoms with E-state index in [0.29, 0.717) is 0 Å². The fourth-order valence-corrected chi connectivity index (χ4v) is 2.07. The summed E-state index contributed by atoms with van der Waals surface area (Å²) in [4.78, 5) is 13.5. The lowest BCUT2D eigenvalue weighted by molar-refractivity contribution is -0.123. The molecule has 6 heteroatoms. The first kappa shape index (κ1) is 11.9. The third-order valence-electron chi connectivity index (χ3n) is 3.47. The van der Waals surface area contributed by atoms with Gasteiger partial charge >= 0.3 is 0 Å². The Hall–Kier alpha value is -2.21. The summed E-state index contributed by atoms with van der Waals surface area (Å²) in [5.41, 5.74) is 6.86. The number of hydrogen-bond acceptors (Lipinski definition) is 4. The van der Waals surface area contributed by atoms with Crippen molar-refractivity contribution in [2.24, 2.45) is 5.73 Å². The largest absolute Gasteiger partial charge is 0.324 e. The summed E-state index contributed by atoms with van der Waals surface area (Å²) in [6, 6.07) is 7.33. The molecule has 0 aliphatic heterocycles. The summed E-state index contributed by atoms with van der Waals surface area (Å²) < 4.78 is 0. The Morgan fingerprint density at radius 3 is 2.37 bits per heavy atom. The van der Waals surface area contributed by atoms with Gasteiger partial charge in [-0.3, -0.25) is 4.79 Å². The number of anilines is 1. The van der Waals surface area contributed by atoms with Crippen molar-refractivity contribution in [1.29, 1.82) is 0 Å². The van der Waals surface area contributed by atoms with E-state index in [2.05, 4.69) is 15.5 Å². The van der Waals surface area contributed by atoms with Crippen LogP contribution in [0.25, 0.3) is 5.69 Å². The Balaban J connectivity index is 1.71. The van der Waals surface area contributed by atoms with Crippen LogP contribution >= 0.6 is 0 Å². The SMILES string of the molecule is NC1(C(=O)Nc2ccc(-n3nccn3)cc2)CCC1. The third kappa shape index (κ3) is 2.22. The molecule has 0 bridgehead atoms. The first-order chi connectivity index (χ1) is 9.17. The third-order valence-corrected chi connectivity index (χ3v) is 3.47. The van der Waals surface area contributed by atoms with Crippen LogP contribution in [0.1, 0.15) is 19.3 Å². The molecule has 0 atom stereocenters. The standard InChI is InChI=1S/C13H15N5O/c14-13(6-1-7-13)12(19)17-10-2-4-11(5-3-10)18-15-8-9-16-18/h2-5,8-9H,1,6-7,14H2,(H,17,19). The number of rotatable bonds is 3. The zero-order chi connectivity index (χ0) is 13.3. The maximum Gasteiger partial charge on any atom is 0.244 e. The number of aromatic nitrogens is 3. The van der Waals surface area contributed by atoms with Gasteiger partial charge in [-0.15, -0.1) is 0 Å². The van der Waals surface area contributed by atoms with Gasteiger partial charge in [-0.2, -0.15) is 15.0 Å². The fourth-order valence-electron chi connectivity index (χ4n) is 2.07. The Morgan fingerprint density at radius 1 is 1.21 bits per heavy atom. The topological polar surface area (TPSA) is 85.8 Å². The van der Waals surface area contributed by atoms with Crippen LogP contribution in [0.5, 0.6) is 0 Å². The van der Waals surface area contributed by atoms with Crippen molar-refractivity contribution < 1.29 is 4.79 Å². The van der Waals surface area contributed by atoms with Crippen LogP contribution in [0.4, 0.5) is 5.69 Å². The minimum Gasteiger partial charge on any atom is -0.324 e. The van der Waals surface area contributed by atoms with Gasteiger partial charge in [-0.05, 0) is 43.5 Å². The molecule has 6 nitrogen and oxygen atoms in total. The number of benzene rings is 1. The number of nitrogens with one attached hydrogen (secondary N) is 1. The molecule has 98 valence electrons. The van der Waals surface area contributed by atoms with E-state index < -0.39 is 5.54 Å². The van der Waals surface area contributed by atoms with E-state index in [1.54, 1.807) is 12.4 Å². The quantitative estimate of drug-likeness (QED) is 0.861. The van der Waals surface area contributed by atoms with Crippen LogP contribution in [-0.2, 0) is 4.79 Å². The molecule has 1 aliphatic carbocycles. The van der Waals surface area contributed by atoms with Gasteiger partial charge in [0.25, 0.3) is 0 Å². The molecule has 1 aromatic heterocycles. The highest BCUT2D eigenvalue weighted by Gasteiger charge is 2.40. The predicted octanol–water partition coefficient (Wildman–Crippen LogP) is 1.09. The van der Waals surface area contributed by atoms with E-state index >= 15 is 0 Å². The highest BCUT2D eigenvalue weighted by molar-refractivity contribution is 5.98. The summed E-state index contributed by atoms with van der Waals surface area (Å²) in [6.07, 6.45) is 5.77. The number of nitrogens with zero attached hydrogens (tertiary/aromatic N) is 3. The average Bonchev–Trinajstić information content (AvgIpc) is 2.90. The van der Waals surface area contributed by atoms with Gasteiger partial charge in [0, 0.05) is 5.69 Å². The molecule has 1 fully saturated rings. The molecule has 0 radical (unpaired) electrons. The number of amides is 1. The number of carbonyl (C=O) groups is 1. The van der Waals surface area contributed by atoms with Crippen molar-refractivity contribution in [1.82, 2.24) is 15.0 Å². The molecule has 1 saturated carbocycles. The first-order valence-electron chi connectivity index (χ1n) is 6.24. The molecule has 19 heavy (non-hydrogen) atoms. The fraction of sp³-hybridized carbons (Fsp3) is 0.308. The smallest absolute Gasteiger partial charge is 0.244 e. The van der Waals surface area contributed by atoms with Gasteiger partial charge in [-0.1, -0.05) is 0 Å². The second kappa shape index (κ2) is 4.47. The maximum absolute atomic E-state index is 12.0. The molecule has 0 saturated heterocycles. The molecule has 3 rings (SSSR count). The molecular weight excluding hydrogens is 242 g/mol. The Kier molecular flexibility index (Phi) is 2.79. The Labute approximate surface area is 110 Å². The molecule has 1 heterocycles. The highest BCUT2D eigenvalue weighted by atomic mass is 16.2. The summed E-state index contributed by atoms with van der Waals surface area (Å²) in [7, 11) is 0. The van der Waals surface area contributed by atoms with Gasteiger partial charge in [0.15, 0.2) is 0 Å². The lowest BCUT2D eigenvalue weighted by Gasteiger charge is -2.36. The molecule has 3 N–H and O–H groups in total. The normalized spacial score (nSPS) is 16.7. The van der Waals surface area contributed by atoms with Crippen LogP contribution in [0.3, 0.4) is 0 Å². The monoisotopic (exact) mass is 257 g/mol. The predicted molar refractivity (Wildman–Crippen MR) is 70.8 cm³/mol. The second-order valence-electron chi connectivity index (χ2n) is 4.83. The van der Waals surface area contributed by atoms with E-state index in [-0.39, 0.29) is 5.91 Å². The van der Waals surface area contributed by atoms with Gasteiger partial charge in [0.05, 0.1) is 23.6 Å². The summed E-state index contributed by atoms with van der Waals surface area (Å²) >= 11 is 0. The van der Waals surface area contributed by atoms with Crippen LogP contribution in [0.2, 0.25) is 0 Å². The van der Waals surface area contributed by atoms with Crippen LogP contribution < -0.4 is 11.1 Å². The van der Waals surface area contributed by atoms with Crippen LogP contribution in [0.15, 0.2) is 36.7 Å². The molecule has 1 aliphatic rings. The number of hydrogen-bond donors (Lipinski definition) is 2. The maximum atomic E-state index is 12.0. The Bertz CT molecular complexity index is 572. The van der Waals surface area contributed by atoms with Crippen molar-refractivity contribution in [3.05, 3.63) is 36.7 Å². The Morgan fingerprint density at radius 2 is 1.84 bits per heavy atom. The molecule has 0 unspecified atom stereocenters. The summed E-state index contributed by atoms with van der Waals surface area (Å²) in [5, 5.41) is 10.9. The molecule has 0 spiro atoms. The lowest BCUT2D eigenvalue weighted by atomic mass is 9.77. The second-order valence-corrected chi connectivity index (χ2v) is 4.83. The molecule has 1 aromatic carbocycles. The van der Waals surface area contributed by atoms with Crippen molar-refractivity contribution in [3.8, 4) is 5.69 Å².